The molecule has 0 aliphatic rings. The number of aromatic nitrogens is 2. The van der Waals surface area contributed by atoms with Crippen LogP contribution in [0.5, 0.6) is 0 Å². The molecule has 3 aromatic rings. The Balaban J connectivity index is 1.58. The first-order valence-corrected chi connectivity index (χ1v) is 12.4. The monoisotopic (exact) mass is 585 g/mol. The van der Waals surface area contributed by atoms with Crippen LogP contribution in [0.25, 0.3) is 0 Å². The third-order valence-electron chi connectivity index (χ3n) is 5.28. The van der Waals surface area contributed by atoms with E-state index in [1.807, 2.05) is 30.3 Å². The van der Waals surface area contributed by atoms with Gasteiger partial charge in [-0.05, 0) is 43.0 Å². The molecule has 0 bridgehead atoms. The van der Waals surface area contributed by atoms with Gasteiger partial charge >= 0.3 is 18.4 Å². The lowest BCUT2D eigenvalue weighted by Gasteiger charge is -2.22. The fourth-order valence-electron chi connectivity index (χ4n) is 3.37. The first-order valence-electron chi connectivity index (χ1n) is 11.7. The fourth-order valence-corrected chi connectivity index (χ4v) is 3.67. The molecule has 0 aliphatic carbocycles. The highest BCUT2D eigenvalue weighted by Crippen LogP contribution is 2.36. The maximum Gasteiger partial charge on any atom is 0.421 e. The quantitative estimate of drug-likeness (QED) is 0.205. The maximum atomic E-state index is 13.7. The number of nitrogens with one attached hydrogen (secondary N) is 2. The van der Waals surface area contributed by atoms with Crippen LogP contribution in [0, 0.1) is 0 Å². The van der Waals surface area contributed by atoms with E-state index in [1.54, 1.807) is 0 Å². The number of benzene rings is 2. The molecule has 0 spiro atoms. The average Bonchev–Trinajstić information content (AvgIpc) is 2.89. The van der Waals surface area contributed by atoms with Gasteiger partial charge in [0.1, 0.15) is 12.2 Å². The van der Waals surface area contributed by atoms with Crippen LogP contribution in [0.15, 0.2) is 54.7 Å². The van der Waals surface area contributed by atoms with E-state index in [4.69, 9.17) is 27.9 Å². The normalized spacial score (nSPS) is 11.1. The smallest absolute Gasteiger partial charge is 0.421 e. The molecular formula is C25H24Cl2F3N5O4. The van der Waals surface area contributed by atoms with E-state index in [2.05, 4.69) is 20.6 Å². The Bertz CT molecular complexity index is 1280. The van der Waals surface area contributed by atoms with Gasteiger partial charge in [0.2, 0.25) is 5.95 Å². The Hall–Kier alpha value is -3.77. The number of alkyl halides is 3. The van der Waals surface area contributed by atoms with E-state index in [1.165, 1.54) is 18.2 Å². The van der Waals surface area contributed by atoms with Crippen LogP contribution >= 0.6 is 23.2 Å². The molecule has 0 saturated heterocycles. The Morgan fingerprint density at radius 2 is 1.77 bits per heavy atom. The summed E-state index contributed by atoms with van der Waals surface area (Å²) in [5, 5.41) is 15.4. The number of rotatable bonds is 11. The van der Waals surface area contributed by atoms with Crippen molar-refractivity contribution >= 4 is 52.8 Å². The Morgan fingerprint density at radius 1 is 1.03 bits per heavy atom. The summed E-state index contributed by atoms with van der Waals surface area (Å²) in [6.45, 7) is 0.0996. The predicted octanol–water partition coefficient (Wildman–Crippen LogP) is 7.13. The van der Waals surface area contributed by atoms with E-state index >= 15 is 0 Å². The minimum Gasteiger partial charge on any atom is -0.465 e. The number of anilines is 3. The van der Waals surface area contributed by atoms with Crippen LogP contribution in [-0.2, 0) is 17.5 Å². The maximum absolute atomic E-state index is 13.7. The molecule has 0 unspecified atom stereocenters. The summed E-state index contributed by atoms with van der Waals surface area (Å²) < 4.78 is 46.1. The van der Waals surface area contributed by atoms with Crippen molar-refractivity contribution in [1.82, 2.24) is 15.3 Å². The standard InChI is InChI=1S/C25H24Cl2F3N5O4/c26-19-10-9-17(13-20(19)27)33-22-32-14-18(25(28,29)30)21(34-22)35(24(37)38)12-6-2-5-11-31-23(36)39-15-16-7-3-1-4-8-16/h1,3-4,7-10,13-14H,2,5-6,11-12,15H2,(H,31,36)(H,37,38)(H,32,33,34). The molecule has 9 nitrogen and oxygen atoms in total. The number of carbonyl (C=O) groups excluding carboxylic acids is 1. The van der Waals surface area contributed by atoms with Gasteiger partial charge in [-0.15, -0.1) is 0 Å². The first-order chi connectivity index (χ1) is 18.5. The third-order valence-corrected chi connectivity index (χ3v) is 6.02. The van der Waals surface area contributed by atoms with Gasteiger partial charge in [0.25, 0.3) is 0 Å². The minimum atomic E-state index is -4.89. The second-order valence-corrected chi connectivity index (χ2v) is 8.98. The molecule has 3 N–H and O–H groups in total. The Labute approximate surface area is 231 Å². The summed E-state index contributed by atoms with van der Waals surface area (Å²) in [7, 11) is 0. The molecule has 0 atom stereocenters. The van der Waals surface area contributed by atoms with Gasteiger partial charge in [-0.3, -0.25) is 4.90 Å². The third kappa shape index (κ3) is 9.18. The number of hydrogen-bond donors (Lipinski definition) is 3. The molecule has 39 heavy (non-hydrogen) atoms. The number of amides is 2. The van der Waals surface area contributed by atoms with E-state index < -0.39 is 29.7 Å². The minimum absolute atomic E-state index is 0.114. The number of unbranched alkanes of at least 4 members (excludes halogenated alkanes) is 2. The summed E-state index contributed by atoms with van der Waals surface area (Å²) >= 11 is 11.8. The second-order valence-electron chi connectivity index (χ2n) is 8.17. The molecule has 1 heterocycles. The van der Waals surface area contributed by atoms with Crippen molar-refractivity contribution in [2.75, 3.05) is 23.3 Å². The van der Waals surface area contributed by atoms with Crippen molar-refractivity contribution in [3.05, 3.63) is 75.9 Å². The number of nitrogens with zero attached hydrogens (tertiary/aromatic N) is 3. The van der Waals surface area contributed by atoms with Gasteiger partial charge in [0.05, 0.1) is 10.0 Å². The zero-order chi connectivity index (χ0) is 28.4. The molecule has 14 heteroatoms. The number of carbonyl (C=O) groups is 2. The van der Waals surface area contributed by atoms with Crippen molar-refractivity contribution in [2.45, 2.75) is 32.0 Å². The van der Waals surface area contributed by atoms with E-state index in [0.29, 0.717) is 29.6 Å². The fraction of sp³-hybridized carbons (Fsp3) is 0.280. The summed E-state index contributed by atoms with van der Waals surface area (Å²) in [5.41, 5.74) is -0.126. The van der Waals surface area contributed by atoms with Crippen LogP contribution in [0.3, 0.4) is 0 Å². The molecule has 0 saturated carbocycles. The summed E-state index contributed by atoms with van der Waals surface area (Å²) in [6, 6.07) is 13.5. The largest absolute Gasteiger partial charge is 0.465 e. The summed E-state index contributed by atoms with van der Waals surface area (Å²) in [5.74, 6) is -1.07. The molecular weight excluding hydrogens is 562 g/mol. The number of halogens is 5. The molecule has 0 aliphatic heterocycles. The summed E-state index contributed by atoms with van der Waals surface area (Å²) in [6.07, 6.45) is -5.51. The molecule has 0 fully saturated rings. The highest BCUT2D eigenvalue weighted by Gasteiger charge is 2.38. The van der Waals surface area contributed by atoms with Gasteiger partial charge in [0.15, 0.2) is 5.82 Å². The number of carboxylic acid groups (broad SMARTS) is 1. The van der Waals surface area contributed by atoms with Crippen LogP contribution in [0.2, 0.25) is 10.0 Å². The Kier molecular flexibility index (Phi) is 10.6. The number of ether oxygens (including phenoxy) is 1. The van der Waals surface area contributed by atoms with Crippen molar-refractivity contribution in [3.63, 3.8) is 0 Å². The van der Waals surface area contributed by atoms with Crippen LogP contribution in [0.4, 0.5) is 40.2 Å². The van der Waals surface area contributed by atoms with Gasteiger partial charge in [0, 0.05) is 25.0 Å². The van der Waals surface area contributed by atoms with E-state index in [-0.39, 0.29) is 42.1 Å². The topological polar surface area (TPSA) is 117 Å². The van der Waals surface area contributed by atoms with Crippen LogP contribution < -0.4 is 15.5 Å². The van der Waals surface area contributed by atoms with Gasteiger partial charge < -0.3 is 20.5 Å². The molecule has 1 aromatic heterocycles. The van der Waals surface area contributed by atoms with Gasteiger partial charge in [-0.2, -0.15) is 18.2 Å². The highest BCUT2D eigenvalue weighted by molar-refractivity contribution is 6.42. The van der Waals surface area contributed by atoms with Crippen molar-refractivity contribution in [1.29, 1.82) is 0 Å². The molecule has 2 aromatic carbocycles. The SMILES string of the molecule is O=C(NCCCCCN(C(=O)O)c1nc(Nc2ccc(Cl)c(Cl)c2)ncc1C(F)(F)F)OCc1ccccc1. The van der Waals surface area contributed by atoms with Crippen molar-refractivity contribution in [3.8, 4) is 0 Å². The van der Waals surface area contributed by atoms with Crippen LogP contribution in [-0.4, -0.2) is 40.4 Å². The van der Waals surface area contributed by atoms with E-state index in [9.17, 15) is 27.9 Å². The van der Waals surface area contributed by atoms with Crippen LogP contribution in [0.1, 0.15) is 30.4 Å². The lowest BCUT2D eigenvalue weighted by Crippen LogP contribution is -2.33. The summed E-state index contributed by atoms with van der Waals surface area (Å²) in [4.78, 5) is 31.7. The van der Waals surface area contributed by atoms with Gasteiger partial charge in [-0.1, -0.05) is 53.5 Å². The zero-order valence-corrected chi connectivity index (χ0v) is 21.9. The van der Waals surface area contributed by atoms with Crippen molar-refractivity contribution in [2.24, 2.45) is 0 Å². The zero-order valence-electron chi connectivity index (χ0n) is 20.3. The molecule has 3 rings (SSSR count). The predicted molar refractivity (Wildman–Crippen MR) is 141 cm³/mol. The lowest BCUT2D eigenvalue weighted by atomic mass is 10.2. The second kappa shape index (κ2) is 13.9. The molecule has 208 valence electrons. The molecule has 2 amide bonds. The highest BCUT2D eigenvalue weighted by atomic mass is 35.5. The Morgan fingerprint density at radius 3 is 2.44 bits per heavy atom. The first kappa shape index (κ1) is 29.8. The number of hydrogen-bond acceptors (Lipinski definition) is 6. The van der Waals surface area contributed by atoms with E-state index in [0.717, 1.165) is 5.56 Å². The lowest BCUT2D eigenvalue weighted by molar-refractivity contribution is -0.137. The average molecular weight is 586 g/mol. The van der Waals surface area contributed by atoms with Crippen molar-refractivity contribution < 1.29 is 32.6 Å². The molecule has 0 radical (unpaired) electrons. The van der Waals surface area contributed by atoms with Gasteiger partial charge in [-0.25, -0.2) is 14.6 Å². The number of alkyl carbamates (subject to hydrolysis) is 1.